The first-order valence-electron chi connectivity index (χ1n) is 9.23. The zero-order valence-corrected chi connectivity index (χ0v) is 14.6. The van der Waals surface area contributed by atoms with E-state index in [2.05, 4.69) is 9.80 Å². The zero-order chi connectivity index (χ0) is 17.7. The number of hydrogen-bond acceptors (Lipinski definition) is 3. The molecule has 0 bridgehead atoms. The van der Waals surface area contributed by atoms with Gasteiger partial charge in [-0.05, 0) is 56.5 Å². The number of hydrogen-bond donors (Lipinski definition) is 0. The summed E-state index contributed by atoms with van der Waals surface area (Å²) in [6.07, 6.45) is 0.280. The van der Waals surface area contributed by atoms with Gasteiger partial charge >= 0.3 is 6.18 Å². The molecule has 2 saturated heterocycles. The van der Waals surface area contributed by atoms with E-state index >= 15 is 0 Å². The van der Waals surface area contributed by atoms with Crippen LogP contribution in [0.15, 0.2) is 24.3 Å². The fourth-order valence-electron chi connectivity index (χ4n) is 3.75. The molecule has 3 rings (SSSR count). The van der Waals surface area contributed by atoms with Gasteiger partial charge in [-0.25, -0.2) is 0 Å². The Morgan fingerprint density at radius 3 is 2.28 bits per heavy atom. The Morgan fingerprint density at radius 2 is 1.68 bits per heavy atom. The van der Waals surface area contributed by atoms with Crippen LogP contribution in [0.5, 0.6) is 0 Å². The summed E-state index contributed by atoms with van der Waals surface area (Å²) in [5.41, 5.74) is 0.367. The van der Waals surface area contributed by atoms with Gasteiger partial charge in [-0.3, -0.25) is 4.90 Å². The van der Waals surface area contributed by atoms with Crippen LogP contribution in [0.1, 0.15) is 36.8 Å². The third kappa shape index (κ3) is 5.43. The fraction of sp³-hybridized carbons (Fsp3) is 0.684. The van der Waals surface area contributed by atoms with E-state index < -0.39 is 11.7 Å². The molecule has 0 atom stereocenters. The lowest BCUT2D eigenvalue weighted by Gasteiger charge is -2.35. The molecule has 2 heterocycles. The maximum Gasteiger partial charge on any atom is 0.416 e. The smallest absolute Gasteiger partial charge is 0.381 e. The lowest BCUT2D eigenvalue weighted by Crippen LogP contribution is -2.42. The van der Waals surface area contributed by atoms with Gasteiger partial charge in [-0.2, -0.15) is 13.2 Å². The van der Waals surface area contributed by atoms with Crippen molar-refractivity contribution in [2.45, 2.75) is 44.4 Å². The van der Waals surface area contributed by atoms with Crippen molar-refractivity contribution >= 4 is 0 Å². The Hall–Kier alpha value is -1.11. The highest BCUT2D eigenvalue weighted by atomic mass is 19.4. The first-order valence-corrected chi connectivity index (χ1v) is 9.23. The van der Waals surface area contributed by atoms with Gasteiger partial charge in [-0.1, -0.05) is 12.1 Å². The van der Waals surface area contributed by atoms with Crippen molar-refractivity contribution in [3.8, 4) is 0 Å². The molecule has 0 N–H and O–H groups in total. The van der Waals surface area contributed by atoms with E-state index in [4.69, 9.17) is 4.74 Å². The average molecular weight is 356 g/mol. The molecular weight excluding hydrogens is 329 g/mol. The predicted molar refractivity (Wildman–Crippen MR) is 91.4 cm³/mol. The molecule has 2 fully saturated rings. The van der Waals surface area contributed by atoms with Crippen LogP contribution in [0.3, 0.4) is 0 Å². The van der Waals surface area contributed by atoms with E-state index in [0.29, 0.717) is 12.6 Å². The number of alkyl halides is 3. The molecule has 0 saturated carbocycles. The Bertz CT molecular complexity index is 520. The normalized spacial score (nSPS) is 20.5. The topological polar surface area (TPSA) is 15.7 Å². The number of benzene rings is 1. The second-order valence-electron chi connectivity index (χ2n) is 7.06. The summed E-state index contributed by atoms with van der Waals surface area (Å²) in [4.78, 5) is 4.92. The summed E-state index contributed by atoms with van der Waals surface area (Å²) in [7, 11) is 0. The van der Waals surface area contributed by atoms with Crippen LogP contribution in [-0.2, 0) is 17.5 Å². The molecule has 140 valence electrons. The summed E-state index contributed by atoms with van der Waals surface area (Å²) in [5, 5.41) is 0. The zero-order valence-electron chi connectivity index (χ0n) is 14.6. The highest BCUT2D eigenvalue weighted by molar-refractivity contribution is 5.24. The highest BCUT2D eigenvalue weighted by Crippen LogP contribution is 2.29. The van der Waals surface area contributed by atoms with Gasteiger partial charge < -0.3 is 9.64 Å². The van der Waals surface area contributed by atoms with Crippen LogP contribution in [-0.4, -0.2) is 55.2 Å². The summed E-state index contributed by atoms with van der Waals surface area (Å²) >= 11 is 0. The second-order valence-corrected chi connectivity index (χ2v) is 7.06. The molecule has 0 aromatic heterocycles. The van der Waals surface area contributed by atoms with Gasteiger partial charge in [0.05, 0.1) is 5.56 Å². The van der Waals surface area contributed by atoms with Gasteiger partial charge in [0.15, 0.2) is 0 Å². The van der Waals surface area contributed by atoms with Gasteiger partial charge in [0.25, 0.3) is 0 Å². The van der Waals surface area contributed by atoms with E-state index in [9.17, 15) is 13.2 Å². The Kier molecular flexibility index (Phi) is 6.36. The van der Waals surface area contributed by atoms with Crippen LogP contribution >= 0.6 is 0 Å². The van der Waals surface area contributed by atoms with Crippen molar-refractivity contribution in [3.05, 3.63) is 35.4 Å². The number of halogens is 3. The molecule has 6 heteroatoms. The van der Waals surface area contributed by atoms with Crippen LogP contribution in [0, 0.1) is 0 Å². The first kappa shape index (κ1) is 18.7. The molecule has 0 radical (unpaired) electrons. The number of rotatable bonds is 6. The van der Waals surface area contributed by atoms with Crippen molar-refractivity contribution in [1.82, 2.24) is 9.80 Å². The molecule has 25 heavy (non-hydrogen) atoms. The van der Waals surface area contributed by atoms with Gasteiger partial charge in [0, 0.05) is 38.9 Å². The molecule has 2 aliphatic rings. The molecule has 3 nitrogen and oxygen atoms in total. The molecule has 1 aromatic rings. The minimum absolute atomic E-state index is 0.457. The van der Waals surface area contributed by atoms with Gasteiger partial charge in [-0.15, -0.1) is 0 Å². The summed E-state index contributed by atoms with van der Waals surface area (Å²) < 4.78 is 43.7. The van der Waals surface area contributed by atoms with E-state index in [-0.39, 0.29) is 0 Å². The molecule has 0 unspecified atom stereocenters. The number of likely N-dealkylation sites (tertiary alicyclic amines) is 1. The summed E-state index contributed by atoms with van der Waals surface area (Å²) in [6, 6.07) is 6.07. The maximum atomic E-state index is 12.7. The third-order valence-corrected chi connectivity index (χ3v) is 5.28. The standard InChI is InChI=1S/C19H27F3N2O/c20-19(21,22)17-5-3-16(4-6-17)15-24(18-7-13-25-14-8-18)12-11-23-9-1-2-10-23/h3-6,18H,1-2,7-15H2. The van der Waals surface area contributed by atoms with Crippen LogP contribution in [0.4, 0.5) is 13.2 Å². The summed E-state index contributed by atoms with van der Waals surface area (Å²) in [5.74, 6) is 0. The van der Waals surface area contributed by atoms with Crippen LogP contribution in [0.25, 0.3) is 0 Å². The molecule has 0 aliphatic carbocycles. The lowest BCUT2D eigenvalue weighted by atomic mass is 10.0. The third-order valence-electron chi connectivity index (χ3n) is 5.28. The number of nitrogens with zero attached hydrogens (tertiary/aromatic N) is 2. The van der Waals surface area contributed by atoms with Crippen molar-refractivity contribution in [2.75, 3.05) is 39.4 Å². The maximum absolute atomic E-state index is 12.7. The molecule has 1 aromatic carbocycles. The molecule has 0 spiro atoms. The van der Waals surface area contributed by atoms with E-state index in [1.54, 1.807) is 12.1 Å². The number of ether oxygens (including phenoxy) is 1. The van der Waals surface area contributed by atoms with Crippen molar-refractivity contribution < 1.29 is 17.9 Å². The highest BCUT2D eigenvalue weighted by Gasteiger charge is 2.30. The van der Waals surface area contributed by atoms with Gasteiger partial charge in [0.2, 0.25) is 0 Å². The second kappa shape index (κ2) is 8.52. The van der Waals surface area contributed by atoms with E-state index in [1.807, 2.05) is 0 Å². The quantitative estimate of drug-likeness (QED) is 0.771. The summed E-state index contributed by atoms with van der Waals surface area (Å²) in [6.45, 7) is 6.60. The first-order chi connectivity index (χ1) is 12.0. The lowest BCUT2D eigenvalue weighted by molar-refractivity contribution is -0.137. The van der Waals surface area contributed by atoms with E-state index in [1.165, 1.54) is 38.1 Å². The Balaban J connectivity index is 1.63. The van der Waals surface area contributed by atoms with Crippen LogP contribution in [0.2, 0.25) is 0 Å². The Labute approximate surface area is 147 Å². The van der Waals surface area contributed by atoms with Gasteiger partial charge in [0.1, 0.15) is 0 Å². The van der Waals surface area contributed by atoms with Crippen molar-refractivity contribution in [3.63, 3.8) is 0 Å². The average Bonchev–Trinajstić information content (AvgIpc) is 3.12. The monoisotopic (exact) mass is 356 g/mol. The predicted octanol–water partition coefficient (Wildman–Crippen LogP) is 3.78. The Morgan fingerprint density at radius 1 is 1.04 bits per heavy atom. The fourth-order valence-corrected chi connectivity index (χ4v) is 3.75. The SMILES string of the molecule is FC(F)(F)c1ccc(CN(CCN2CCCC2)C2CCOCC2)cc1. The molecule has 2 aliphatic heterocycles. The molecule has 0 amide bonds. The molecular formula is C19H27F3N2O. The minimum Gasteiger partial charge on any atom is -0.381 e. The minimum atomic E-state index is -4.27. The van der Waals surface area contributed by atoms with E-state index in [0.717, 1.165) is 44.7 Å². The van der Waals surface area contributed by atoms with Crippen LogP contribution < -0.4 is 0 Å². The largest absolute Gasteiger partial charge is 0.416 e. The van der Waals surface area contributed by atoms with Crippen molar-refractivity contribution in [2.24, 2.45) is 0 Å². The van der Waals surface area contributed by atoms with Crippen molar-refractivity contribution in [1.29, 1.82) is 0 Å².